The van der Waals surface area contributed by atoms with Gasteiger partial charge in [0.05, 0.1) is 13.2 Å². The molecule has 0 aromatic rings. The Bertz CT molecular complexity index is 455. The Balaban J connectivity index is 4.16. The van der Waals surface area contributed by atoms with E-state index in [1.54, 1.807) is 0 Å². The molecule has 4 nitrogen and oxygen atoms in total. The van der Waals surface area contributed by atoms with E-state index in [0.29, 0.717) is 19.6 Å². The maximum atomic E-state index is 12.7. The molecular weight excluding hydrogens is 460 g/mol. The van der Waals surface area contributed by atoms with Gasteiger partial charge in [-0.2, -0.15) is 0 Å². The summed E-state index contributed by atoms with van der Waals surface area (Å²) in [5.74, 6) is -1.49. The first-order chi connectivity index (χ1) is 18.2. The zero-order valence-corrected chi connectivity index (χ0v) is 25.3. The van der Waals surface area contributed by atoms with Crippen LogP contribution in [0.15, 0.2) is 0 Å². The van der Waals surface area contributed by atoms with Crippen LogP contribution < -0.4 is 0 Å². The highest BCUT2D eigenvalue weighted by atomic mass is 16.6. The van der Waals surface area contributed by atoms with Gasteiger partial charge in [0, 0.05) is 0 Å². The van der Waals surface area contributed by atoms with Gasteiger partial charge < -0.3 is 9.47 Å². The smallest absolute Gasteiger partial charge is 0.320 e. The number of hydrogen-bond acceptors (Lipinski definition) is 4. The largest absolute Gasteiger partial charge is 0.465 e. The first-order valence-corrected chi connectivity index (χ1v) is 16.5. The van der Waals surface area contributed by atoms with Gasteiger partial charge in [-0.25, -0.2) is 0 Å². The van der Waals surface area contributed by atoms with E-state index in [2.05, 4.69) is 20.8 Å². The van der Waals surface area contributed by atoms with Gasteiger partial charge in [-0.15, -0.1) is 0 Å². The molecule has 0 fully saturated rings. The molecule has 0 amide bonds. The molecule has 0 radical (unpaired) electrons. The van der Waals surface area contributed by atoms with Crippen LogP contribution in [0.3, 0.4) is 0 Å². The molecule has 0 aliphatic rings. The lowest BCUT2D eigenvalue weighted by molar-refractivity contribution is -0.162. The molecule has 0 aromatic carbocycles. The van der Waals surface area contributed by atoms with E-state index in [-0.39, 0.29) is 11.9 Å². The van der Waals surface area contributed by atoms with Crippen LogP contribution in [0.5, 0.6) is 0 Å². The first kappa shape index (κ1) is 35.9. The SMILES string of the molecule is CCCCCCCCCCCOC(=O)C(CCCCCCCC)C(=O)OCCCCCCCCCCC. The van der Waals surface area contributed by atoms with Crippen molar-refractivity contribution in [2.24, 2.45) is 5.92 Å². The number of unbranched alkanes of at least 4 members (excludes halogenated alkanes) is 21. The third-order valence-corrected chi connectivity index (χ3v) is 7.40. The van der Waals surface area contributed by atoms with Gasteiger partial charge >= 0.3 is 11.9 Å². The second-order valence-electron chi connectivity index (χ2n) is 11.1. The highest BCUT2D eigenvalue weighted by molar-refractivity contribution is 5.94. The van der Waals surface area contributed by atoms with Gasteiger partial charge in [-0.3, -0.25) is 9.59 Å². The maximum absolute atomic E-state index is 12.7. The topological polar surface area (TPSA) is 52.6 Å². The molecule has 0 N–H and O–H groups in total. The zero-order valence-electron chi connectivity index (χ0n) is 25.3. The summed E-state index contributed by atoms with van der Waals surface area (Å²) in [7, 11) is 0. The van der Waals surface area contributed by atoms with E-state index in [0.717, 1.165) is 38.5 Å². The van der Waals surface area contributed by atoms with Crippen molar-refractivity contribution in [1.29, 1.82) is 0 Å². The first-order valence-electron chi connectivity index (χ1n) is 16.5. The van der Waals surface area contributed by atoms with E-state index in [4.69, 9.17) is 9.47 Å². The summed E-state index contributed by atoms with van der Waals surface area (Å²) in [5.41, 5.74) is 0. The quantitative estimate of drug-likeness (QED) is 0.0554. The number of carbonyl (C=O) groups excluding carboxylic acids is 2. The second kappa shape index (κ2) is 29.5. The highest BCUT2D eigenvalue weighted by Crippen LogP contribution is 2.17. The predicted octanol–water partition coefficient (Wildman–Crippen LogP) is 10.5. The number of esters is 2. The second-order valence-corrected chi connectivity index (χ2v) is 11.1. The Morgan fingerprint density at radius 2 is 0.676 bits per heavy atom. The lowest BCUT2D eigenvalue weighted by Gasteiger charge is -2.15. The van der Waals surface area contributed by atoms with Crippen molar-refractivity contribution in [2.75, 3.05) is 13.2 Å². The van der Waals surface area contributed by atoms with Crippen molar-refractivity contribution in [3.63, 3.8) is 0 Å². The Hall–Kier alpha value is -1.06. The van der Waals surface area contributed by atoms with Gasteiger partial charge in [0.25, 0.3) is 0 Å². The summed E-state index contributed by atoms with van der Waals surface area (Å²) >= 11 is 0. The number of carbonyl (C=O) groups is 2. The fraction of sp³-hybridized carbons (Fsp3) is 0.939. The minimum absolute atomic E-state index is 0.370. The average molecular weight is 525 g/mol. The van der Waals surface area contributed by atoms with Gasteiger partial charge in [0.2, 0.25) is 0 Å². The average Bonchev–Trinajstić information content (AvgIpc) is 2.90. The standard InChI is InChI=1S/C33H64O4/c1-4-7-10-13-16-18-20-23-26-29-36-32(34)31(28-25-22-15-12-9-6-3)33(35)37-30-27-24-21-19-17-14-11-8-5-2/h31H,4-30H2,1-3H3. The van der Waals surface area contributed by atoms with Gasteiger partial charge in [-0.05, 0) is 19.3 Å². The van der Waals surface area contributed by atoms with Crippen molar-refractivity contribution < 1.29 is 19.1 Å². The molecule has 0 bridgehead atoms. The normalized spacial score (nSPS) is 11.2. The minimum atomic E-state index is -0.747. The Morgan fingerprint density at radius 3 is 1.00 bits per heavy atom. The van der Waals surface area contributed by atoms with E-state index in [1.165, 1.54) is 116 Å². The monoisotopic (exact) mass is 524 g/mol. The van der Waals surface area contributed by atoms with E-state index in [9.17, 15) is 9.59 Å². The zero-order chi connectivity index (χ0) is 27.2. The molecule has 0 saturated heterocycles. The minimum Gasteiger partial charge on any atom is -0.465 e. The van der Waals surface area contributed by atoms with Crippen molar-refractivity contribution in [2.45, 2.75) is 181 Å². The van der Waals surface area contributed by atoms with Crippen molar-refractivity contribution in [1.82, 2.24) is 0 Å². The van der Waals surface area contributed by atoms with E-state index in [1.807, 2.05) is 0 Å². The highest BCUT2D eigenvalue weighted by Gasteiger charge is 2.29. The Labute approximate surface area is 231 Å². The summed E-state index contributed by atoms with van der Waals surface area (Å²) in [4.78, 5) is 25.5. The third-order valence-electron chi connectivity index (χ3n) is 7.40. The van der Waals surface area contributed by atoms with Crippen LogP contribution in [0.4, 0.5) is 0 Å². The molecule has 0 aromatic heterocycles. The summed E-state index contributed by atoms with van der Waals surface area (Å²) in [5, 5.41) is 0. The number of rotatable bonds is 29. The maximum Gasteiger partial charge on any atom is 0.320 e. The molecule has 0 spiro atoms. The molecule has 0 atom stereocenters. The summed E-state index contributed by atoms with van der Waals surface area (Å²) in [6.45, 7) is 7.55. The molecule has 0 aliphatic heterocycles. The molecule has 4 heteroatoms. The molecule has 0 heterocycles. The van der Waals surface area contributed by atoms with Crippen LogP contribution in [-0.2, 0) is 19.1 Å². The third kappa shape index (κ3) is 25.0. The van der Waals surface area contributed by atoms with Gasteiger partial charge in [0.15, 0.2) is 5.92 Å². The summed E-state index contributed by atoms with van der Waals surface area (Å²) in [6.07, 6.45) is 29.5. The molecule has 220 valence electrons. The van der Waals surface area contributed by atoms with Crippen LogP contribution in [-0.4, -0.2) is 25.2 Å². The van der Waals surface area contributed by atoms with Crippen molar-refractivity contribution in [3.05, 3.63) is 0 Å². The predicted molar refractivity (Wildman–Crippen MR) is 158 cm³/mol. The van der Waals surface area contributed by atoms with Crippen LogP contribution in [0.2, 0.25) is 0 Å². The van der Waals surface area contributed by atoms with Crippen LogP contribution in [0, 0.1) is 5.92 Å². The Morgan fingerprint density at radius 1 is 0.405 bits per heavy atom. The van der Waals surface area contributed by atoms with Crippen molar-refractivity contribution >= 4 is 11.9 Å². The van der Waals surface area contributed by atoms with Gasteiger partial charge in [0.1, 0.15) is 0 Å². The van der Waals surface area contributed by atoms with Crippen LogP contribution >= 0.6 is 0 Å². The molecular formula is C33H64O4. The summed E-state index contributed by atoms with van der Waals surface area (Å²) < 4.78 is 11.1. The lowest BCUT2D eigenvalue weighted by atomic mass is 10.00. The molecule has 0 rings (SSSR count). The van der Waals surface area contributed by atoms with E-state index >= 15 is 0 Å². The molecule has 37 heavy (non-hydrogen) atoms. The Kier molecular flexibility index (Phi) is 28.7. The van der Waals surface area contributed by atoms with Gasteiger partial charge in [-0.1, -0.05) is 162 Å². The van der Waals surface area contributed by atoms with Crippen LogP contribution in [0.25, 0.3) is 0 Å². The molecule has 0 saturated carbocycles. The number of ether oxygens (including phenoxy) is 2. The lowest BCUT2D eigenvalue weighted by Crippen LogP contribution is -2.28. The molecule has 0 unspecified atom stereocenters. The van der Waals surface area contributed by atoms with Crippen molar-refractivity contribution in [3.8, 4) is 0 Å². The summed E-state index contributed by atoms with van der Waals surface area (Å²) in [6, 6.07) is 0. The fourth-order valence-electron chi connectivity index (χ4n) is 4.83. The molecule has 0 aliphatic carbocycles. The fourth-order valence-corrected chi connectivity index (χ4v) is 4.83. The van der Waals surface area contributed by atoms with Crippen LogP contribution in [0.1, 0.15) is 181 Å². The van der Waals surface area contributed by atoms with E-state index < -0.39 is 5.92 Å². The number of hydrogen-bond donors (Lipinski definition) is 0.